The predicted molar refractivity (Wildman–Crippen MR) is 52.2 cm³/mol. The molecule has 0 bridgehead atoms. The molecule has 1 aromatic rings. The van der Waals surface area contributed by atoms with Crippen molar-refractivity contribution in [2.75, 3.05) is 0 Å². The van der Waals surface area contributed by atoms with Crippen LogP contribution in [0.2, 0.25) is 0 Å². The minimum atomic E-state index is -0.525. The molecule has 0 aromatic carbocycles. The number of aromatic nitrogens is 2. The third kappa shape index (κ3) is 1.51. The molecule has 15 heavy (non-hydrogen) atoms. The lowest BCUT2D eigenvalue weighted by molar-refractivity contribution is -0.0987. The number of fused-ring (bicyclic) bond motifs is 1. The molecule has 6 heteroatoms. The molecule has 82 valence electrons. The van der Waals surface area contributed by atoms with Crippen molar-refractivity contribution in [2.24, 2.45) is 5.73 Å². The lowest BCUT2D eigenvalue weighted by Crippen LogP contribution is -2.22. The van der Waals surface area contributed by atoms with E-state index < -0.39 is 5.91 Å². The SMILES string of the molecule is CC(C)n1c(C(N)=O)nc2c1CN(O)C2. The van der Waals surface area contributed by atoms with E-state index >= 15 is 0 Å². The third-order valence-electron chi connectivity index (χ3n) is 2.49. The molecule has 1 aliphatic heterocycles. The van der Waals surface area contributed by atoms with E-state index in [9.17, 15) is 10.0 Å². The van der Waals surface area contributed by atoms with Gasteiger partial charge in [0.1, 0.15) is 0 Å². The van der Waals surface area contributed by atoms with E-state index in [1.165, 1.54) is 5.06 Å². The molecule has 1 amide bonds. The summed E-state index contributed by atoms with van der Waals surface area (Å²) in [6.07, 6.45) is 0. The first-order valence-electron chi connectivity index (χ1n) is 4.84. The summed E-state index contributed by atoms with van der Waals surface area (Å²) in [6, 6.07) is 0.107. The molecule has 0 aliphatic carbocycles. The molecule has 0 fully saturated rings. The average molecular weight is 210 g/mol. The standard InChI is InChI=1S/C9H14N4O2/c1-5(2)13-7-4-12(15)3-6(7)11-9(13)8(10)14/h5,15H,3-4H2,1-2H3,(H2,10,14). The van der Waals surface area contributed by atoms with Gasteiger partial charge in [-0.3, -0.25) is 4.79 Å². The van der Waals surface area contributed by atoms with Gasteiger partial charge in [-0.05, 0) is 13.8 Å². The molecular formula is C9H14N4O2. The number of rotatable bonds is 2. The van der Waals surface area contributed by atoms with Crippen molar-refractivity contribution in [2.45, 2.75) is 33.0 Å². The molecule has 2 heterocycles. The Labute approximate surface area is 87.3 Å². The second kappa shape index (κ2) is 3.32. The minimum absolute atomic E-state index is 0.107. The molecule has 0 spiro atoms. The summed E-state index contributed by atoms with van der Waals surface area (Å²) in [5, 5.41) is 10.5. The molecule has 3 N–H and O–H groups in total. The van der Waals surface area contributed by atoms with Crippen molar-refractivity contribution in [1.82, 2.24) is 14.6 Å². The first kappa shape index (κ1) is 10.1. The fraction of sp³-hybridized carbons (Fsp3) is 0.556. The number of hydrogen-bond acceptors (Lipinski definition) is 4. The smallest absolute Gasteiger partial charge is 0.284 e. The van der Waals surface area contributed by atoms with E-state index in [0.717, 1.165) is 11.4 Å². The van der Waals surface area contributed by atoms with Crippen molar-refractivity contribution in [1.29, 1.82) is 0 Å². The summed E-state index contributed by atoms with van der Waals surface area (Å²) in [5.41, 5.74) is 6.86. The van der Waals surface area contributed by atoms with Gasteiger partial charge < -0.3 is 15.5 Å². The lowest BCUT2D eigenvalue weighted by Gasteiger charge is -2.14. The van der Waals surface area contributed by atoms with Crippen molar-refractivity contribution in [3.05, 3.63) is 17.2 Å². The van der Waals surface area contributed by atoms with Crippen molar-refractivity contribution in [3.8, 4) is 0 Å². The topological polar surface area (TPSA) is 84.4 Å². The van der Waals surface area contributed by atoms with Gasteiger partial charge in [-0.25, -0.2) is 4.98 Å². The molecule has 0 unspecified atom stereocenters. The quantitative estimate of drug-likeness (QED) is 0.733. The third-order valence-corrected chi connectivity index (χ3v) is 2.49. The van der Waals surface area contributed by atoms with Crippen LogP contribution >= 0.6 is 0 Å². The maximum Gasteiger partial charge on any atom is 0.284 e. The number of carbonyl (C=O) groups excluding carboxylic acids is 1. The first-order valence-corrected chi connectivity index (χ1v) is 4.84. The van der Waals surface area contributed by atoms with Crippen LogP contribution in [0.4, 0.5) is 0 Å². The van der Waals surface area contributed by atoms with Crippen LogP contribution in [0.15, 0.2) is 0 Å². The largest absolute Gasteiger partial charge is 0.363 e. The van der Waals surface area contributed by atoms with E-state index in [4.69, 9.17) is 5.73 Å². The van der Waals surface area contributed by atoms with Crippen LogP contribution in [0.1, 0.15) is 41.9 Å². The summed E-state index contributed by atoms with van der Waals surface area (Å²) in [4.78, 5) is 15.3. The zero-order valence-electron chi connectivity index (χ0n) is 8.77. The van der Waals surface area contributed by atoms with Crippen LogP contribution in [-0.2, 0) is 13.1 Å². The van der Waals surface area contributed by atoms with Gasteiger partial charge in [-0.15, -0.1) is 0 Å². The number of primary amides is 1. The van der Waals surface area contributed by atoms with Gasteiger partial charge in [0.2, 0.25) is 0 Å². The van der Waals surface area contributed by atoms with Gasteiger partial charge in [0.05, 0.1) is 24.5 Å². The normalized spacial score (nSPS) is 16.0. The molecular weight excluding hydrogens is 196 g/mol. The Morgan fingerprint density at radius 3 is 2.73 bits per heavy atom. The highest BCUT2D eigenvalue weighted by Gasteiger charge is 2.28. The summed E-state index contributed by atoms with van der Waals surface area (Å²) in [6.45, 7) is 4.66. The average Bonchev–Trinajstić information content (AvgIpc) is 2.58. The van der Waals surface area contributed by atoms with Crippen molar-refractivity contribution < 1.29 is 10.0 Å². The summed E-state index contributed by atoms with van der Waals surface area (Å²) >= 11 is 0. The van der Waals surface area contributed by atoms with Gasteiger partial charge in [0.15, 0.2) is 5.82 Å². The second-order valence-electron chi connectivity index (χ2n) is 3.98. The number of nitrogens with zero attached hydrogens (tertiary/aromatic N) is 3. The molecule has 0 saturated heterocycles. The number of hydroxylamine groups is 2. The second-order valence-corrected chi connectivity index (χ2v) is 3.98. The number of carbonyl (C=O) groups is 1. The zero-order valence-corrected chi connectivity index (χ0v) is 8.77. The molecule has 0 radical (unpaired) electrons. The molecule has 1 aromatic heterocycles. The molecule has 2 rings (SSSR count). The lowest BCUT2D eigenvalue weighted by atomic mass is 10.3. The number of nitrogens with two attached hydrogens (primary N) is 1. The Bertz CT molecular complexity index is 410. The summed E-state index contributed by atoms with van der Waals surface area (Å²) in [5.74, 6) is -0.245. The van der Waals surface area contributed by atoms with Crippen molar-refractivity contribution in [3.63, 3.8) is 0 Å². The predicted octanol–water partition coefficient (Wildman–Crippen LogP) is 0.268. The summed E-state index contributed by atoms with van der Waals surface area (Å²) < 4.78 is 1.79. The molecule has 1 aliphatic rings. The Hall–Kier alpha value is -1.40. The van der Waals surface area contributed by atoms with Gasteiger partial charge in [0.25, 0.3) is 5.91 Å². The van der Waals surface area contributed by atoms with Crippen LogP contribution in [0.5, 0.6) is 0 Å². The fourth-order valence-corrected chi connectivity index (χ4v) is 1.94. The fourth-order valence-electron chi connectivity index (χ4n) is 1.94. The maximum absolute atomic E-state index is 11.2. The van der Waals surface area contributed by atoms with Gasteiger partial charge >= 0.3 is 0 Å². The molecule has 0 saturated carbocycles. The van der Waals surface area contributed by atoms with Crippen LogP contribution in [0.3, 0.4) is 0 Å². The number of hydrogen-bond donors (Lipinski definition) is 2. The Morgan fingerprint density at radius 2 is 2.20 bits per heavy atom. The highest BCUT2D eigenvalue weighted by molar-refractivity contribution is 5.89. The monoisotopic (exact) mass is 210 g/mol. The minimum Gasteiger partial charge on any atom is -0.363 e. The van der Waals surface area contributed by atoms with E-state index in [-0.39, 0.29) is 11.9 Å². The van der Waals surface area contributed by atoms with Gasteiger partial charge in [0, 0.05) is 6.04 Å². The Balaban J connectivity index is 2.53. The number of imidazole rings is 1. The molecule has 0 atom stereocenters. The van der Waals surface area contributed by atoms with Gasteiger partial charge in [-0.1, -0.05) is 0 Å². The highest BCUT2D eigenvalue weighted by atomic mass is 16.5. The zero-order chi connectivity index (χ0) is 11.2. The van der Waals surface area contributed by atoms with E-state index in [1.54, 1.807) is 4.57 Å². The van der Waals surface area contributed by atoms with Gasteiger partial charge in [-0.2, -0.15) is 5.06 Å². The van der Waals surface area contributed by atoms with E-state index in [1.807, 2.05) is 13.8 Å². The highest BCUT2D eigenvalue weighted by Crippen LogP contribution is 2.25. The van der Waals surface area contributed by atoms with Crippen LogP contribution in [0, 0.1) is 0 Å². The van der Waals surface area contributed by atoms with Crippen LogP contribution in [-0.4, -0.2) is 25.7 Å². The first-order chi connectivity index (χ1) is 7.00. The van der Waals surface area contributed by atoms with E-state index in [0.29, 0.717) is 13.1 Å². The van der Waals surface area contributed by atoms with Crippen LogP contribution < -0.4 is 5.73 Å². The van der Waals surface area contributed by atoms with Crippen molar-refractivity contribution >= 4 is 5.91 Å². The maximum atomic E-state index is 11.2. The summed E-state index contributed by atoms with van der Waals surface area (Å²) in [7, 11) is 0. The van der Waals surface area contributed by atoms with E-state index in [2.05, 4.69) is 4.98 Å². The Morgan fingerprint density at radius 1 is 1.53 bits per heavy atom. The Kier molecular flexibility index (Phi) is 2.24. The number of amides is 1. The molecule has 6 nitrogen and oxygen atoms in total. The van der Waals surface area contributed by atoms with Crippen LogP contribution in [0.25, 0.3) is 0 Å².